The zero-order valence-corrected chi connectivity index (χ0v) is 10.5. The first-order valence-corrected chi connectivity index (χ1v) is 6.64. The lowest BCUT2D eigenvalue weighted by Crippen LogP contribution is -2.53. The van der Waals surface area contributed by atoms with Crippen LogP contribution in [-0.2, 0) is 7.05 Å². The Morgan fingerprint density at radius 3 is 3.06 bits per heavy atom. The van der Waals surface area contributed by atoms with Crippen LogP contribution in [0.25, 0.3) is 0 Å². The van der Waals surface area contributed by atoms with E-state index in [1.807, 2.05) is 19.4 Å². The highest BCUT2D eigenvalue weighted by atomic mass is 16.3. The molecule has 0 spiro atoms. The van der Waals surface area contributed by atoms with Crippen LogP contribution < -0.4 is 4.90 Å². The van der Waals surface area contributed by atoms with Gasteiger partial charge in [0.25, 0.3) is 0 Å². The molecule has 0 aromatic carbocycles. The van der Waals surface area contributed by atoms with E-state index >= 15 is 0 Å². The van der Waals surface area contributed by atoms with Crippen LogP contribution in [0.5, 0.6) is 0 Å². The maximum atomic E-state index is 10.6. The molecular weight excluding hydrogens is 214 g/mol. The van der Waals surface area contributed by atoms with Crippen molar-refractivity contribution in [2.75, 3.05) is 18.0 Å². The highest BCUT2D eigenvalue weighted by Crippen LogP contribution is 2.40. The number of imidazole rings is 1. The molecule has 0 radical (unpaired) electrons. The van der Waals surface area contributed by atoms with Gasteiger partial charge < -0.3 is 14.6 Å². The largest absolute Gasteiger partial charge is 0.389 e. The minimum absolute atomic E-state index is 0.389. The SMILES string of the molecule is Cn1ccnc1N1CCC2(O)CCCCC2C1. The van der Waals surface area contributed by atoms with Crippen LogP contribution in [0, 0.1) is 5.92 Å². The number of fused-ring (bicyclic) bond motifs is 1. The fourth-order valence-corrected chi connectivity index (χ4v) is 3.41. The molecule has 0 amide bonds. The van der Waals surface area contributed by atoms with Gasteiger partial charge in [-0.3, -0.25) is 0 Å². The number of aryl methyl sites for hydroxylation is 1. The number of nitrogens with zero attached hydrogens (tertiary/aromatic N) is 3. The minimum atomic E-state index is -0.389. The fraction of sp³-hybridized carbons (Fsp3) is 0.769. The molecule has 2 aliphatic rings. The first-order chi connectivity index (χ1) is 8.19. The van der Waals surface area contributed by atoms with Crippen LogP contribution in [-0.4, -0.2) is 33.3 Å². The maximum Gasteiger partial charge on any atom is 0.205 e. The molecule has 1 aliphatic carbocycles. The summed E-state index contributed by atoms with van der Waals surface area (Å²) in [4.78, 5) is 6.73. The van der Waals surface area contributed by atoms with E-state index in [-0.39, 0.29) is 5.60 Å². The van der Waals surface area contributed by atoms with E-state index in [0.29, 0.717) is 5.92 Å². The highest BCUT2D eigenvalue weighted by molar-refractivity contribution is 5.32. The molecule has 1 aliphatic heterocycles. The smallest absolute Gasteiger partial charge is 0.205 e. The molecule has 1 N–H and O–H groups in total. The van der Waals surface area contributed by atoms with Crippen molar-refractivity contribution in [3.8, 4) is 0 Å². The van der Waals surface area contributed by atoms with Crippen LogP contribution in [0.15, 0.2) is 12.4 Å². The average molecular weight is 235 g/mol. The van der Waals surface area contributed by atoms with Gasteiger partial charge in [-0.25, -0.2) is 4.98 Å². The Kier molecular flexibility index (Phi) is 2.62. The summed E-state index contributed by atoms with van der Waals surface area (Å²) in [5.41, 5.74) is -0.389. The maximum absolute atomic E-state index is 10.6. The van der Waals surface area contributed by atoms with Crippen molar-refractivity contribution in [3.05, 3.63) is 12.4 Å². The molecule has 3 rings (SSSR count). The van der Waals surface area contributed by atoms with Crippen LogP contribution in [0.3, 0.4) is 0 Å². The van der Waals surface area contributed by atoms with Gasteiger partial charge in [-0.1, -0.05) is 12.8 Å². The molecule has 4 heteroatoms. The number of hydrogen-bond donors (Lipinski definition) is 1. The Hall–Kier alpha value is -1.03. The summed E-state index contributed by atoms with van der Waals surface area (Å²) in [6.45, 7) is 1.89. The van der Waals surface area contributed by atoms with Gasteiger partial charge in [0.2, 0.25) is 5.95 Å². The van der Waals surface area contributed by atoms with Gasteiger partial charge in [-0.05, 0) is 19.3 Å². The molecule has 17 heavy (non-hydrogen) atoms. The Morgan fingerprint density at radius 1 is 1.41 bits per heavy atom. The Balaban J connectivity index is 1.78. The molecule has 94 valence electrons. The second kappa shape index (κ2) is 4.02. The molecule has 2 unspecified atom stereocenters. The van der Waals surface area contributed by atoms with Gasteiger partial charge in [0.1, 0.15) is 0 Å². The lowest BCUT2D eigenvalue weighted by Gasteiger charge is -2.47. The summed E-state index contributed by atoms with van der Waals surface area (Å²) >= 11 is 0. The van der Waals surface area contributed by atoms with Crippen LogP contribution >= 0.6 is 0 Å². The van der Waals surface area contributed by atoms with E-state index in [1.54, 1.807) is 0 Å². The topological polar surface area (TPSA) is 41.3 Å². The van der Waals surface area contributed by atoms with Crippen molar-refractivity contribution in [1.29, 1.82) is 0 Å². The van der Waals surface area contributed by atoms with Crippen LogP contribution in [0.2, 0.25) is 0 Å². The summed E-state index contributed by atoms with van der Waals surface area (Å²) < 4.78 is 2.06. The molecule has 1 saturated carbocycles. The molecule has 1 aromatic rings. The summed E-state index contributed by atoms with van der Waals surface area (Å²) in [7, 11) is 2.03. The van der Waals surface area contributed by atoms with E-state index in [1.165, 1.54) is 12.8 Å². The van der Waals surface area contributed by atoms with E-state index in [0.717, 1.165) is 38.3 Å². The van der Waals surface area contributed by atoms with Gasteiger partial charge in [-0.2, -0.15) is 0 Å². The van der Waals surface area contributed by atoms with E-state index in [2.05, 4.69) is 14.5 Å². The fourth-order valence-electron chi connectivity index (χ4n) is 3.41. The second-order valence-electron chi connectivity index (χ2n) is 5.58. The zero-order chi connectivity index (χ0) is 11.9. The van der Waals surface area contributed by atoms with Gasteiger partial charge in [-0.15, -0.1) is 0 Å². The summed E-state index contributed by atoms with van der Waals surface area (Å²) in [5, 5.41) is 10.6. The summed E-state index contributed by atoms with van der Waals surface area (Å²) in [6.07, 6.45) is 9.33. The standard InChI is InChI=1S/C13H21N3O/c1-15-9-7-14-12(15)16-8-6-13(17)5-3-2-4-11(13)10-16/h7,9,11,17H,2-6,8,10H2,1H3. The summed E-state index contributed by atoms with van der Waals surface area (Å²) in [5.74, 6) is 1.47. The van der Waals surface area contributed by atoms with E-state index in [4.69, 9.17) is 0 Å². The normalized spacial score (nSPS) is 33.5. The predicted molar refractivity (Wildman–Crippen MR) is 66.9 cm³/mol. The molecule has 4 nitrogen and oxygen atoms in total. The third-order valence-corrected chi connectivity index (χ3v) is 4.51. The van der Waals surface area contributed by atoms with Crippen LogP contribution in [0.1, 0.15) is 32.1 Å². The molecule has 1 aromatic heterocycles. The number of piperidine rings is 1. The Bertz CT molecular complexity index is 403. The van der Waals surface area contributed by atoms with Crippen molar-refractivity contribution in [2.24, 2.45) is 13.0 Å². The molecule has 0 bridgehead atoms. The first-order valence-electron chi connectivity index (χ1n) is 6.64. The second-order valence-corrected chi connectivity index (χ2v) is 5.58. The lowest BCUT2D eigenvalue weighted by molar-refractivity contribution is -0.0615. The van der Waals surface area contributed by atoms with Crippen molar-refractivity contribution in [1.82, 2.24) is 9.55 Å². The monoisotopic (exact) mass is 235 g/mol. The highest BCUT2D eigenvalue weighted by Gasteiger charge is 2.43. The van der Waals surface area contributed by atoms with E-state index in [9.17, 15) is 5.11 Å². The van der Waals surface area contributed by atoms with Gasteiger partial charge in [0.15, 0.2) is 0 Å². The quantitative estimate of drug-likeness (QED) is 0.803. The molecular formula is C13H21N3O. The van der Waals surface area contributed by atoms with Crippen LogP contribution in [0.4, 0.5) is 5.95 Å². The molecule has 2 fully saturated rings. The molecule has 2 atom stereocenters. The number of aliphatic hydroxyl groups is 1. The molecule has 1 saturated heterocycles. The van der Waals surface area contributed by atoms with Crippen molar-refractivity contribution in [3.63, 3.8) is 0 Å². The third-order valence-electron chi connectivity index (χ3n) is 4.51. The molecule has 2 heterocycles. The Labute approximate surface area is 102 Å². The summed E-state index contributed by atoms with van der Waals surface area (Å²) in [6, 6.07) is 0. The first kappa shape index (κ1) is 11.1. The predicted octanol–water partition coefficient (Wildman–Crippen LogP) is 1.55. The average Bonchev–Trinajstić information content (AvgIpc) is 2.74. The van der Waals surface area contributed by atoms with Gasteiger partial charge >= 0.3 is 0 Å². The van der Waals surface area contributed by atoms with Crippen molar-refractivity contribution >= 4 is 5.95 Å². The number of rotatable bonds is 1. The number of aromatic nitrogens is 2. The van der Waals surface area contributed by atoms with E-state index < -0.39 is 0 Å². The number of anilines is 1. The van der Waals surface area contributed by atoms with Crippen molar-refractivity contribution < 1.29 is 5.11 Å². The third kappa shape index (κ3) is 1.84. The number of hydrogen-bond acceptors (Lipinski definition) is 3. The minimum Gasteiger partial charge on any atom is -0.389 e. The lowest BCUT2D eigenvalue weighted by atomic mass is 9.71. The van der Waals surface area contributed by atoms with Gasteiger partial charge in [0, 0.05) is 38.4 Å². The van der Waals surface area contributed by atoms with Gasteiger partial charge in [0.05, 0.1) is 5.60 Å². The zero-order valence-electron chi connectivity index (χ0n) is 10.5. The Morgan fingerprint density at radius 2 is 2.29 bits per heavy atom. The van der Waals surface area contributed by atoms with Crippen molar-refractivity contribution in [2.45, 2.75) is 37.7 Å².